The normalized spacial score (nSPS) is 10.5. The molecule has 23 heavy (non-hydrogen) atoms. The molecule has 2 amide bonds. The summed E-state index contributed by atoms with van der Waals surface area (Å²) in [6.07, 6.45) is 4.14. The number of hydrogen-bond acceptors (Lipinski definition) is 3. The van der Waals surface area contributed by atoms with Gasteiger partial charge >= 0.3 is 0 Å². The molecule has 0 aliphatic heterocycles. The van der Waals surface area contributed by atoms with E-state index in [0.29, 0.717) is 5.56 Å². The van der Waals surface area contributed by atoms with Gasteiger partial charge in [-0.3, -0.25) is 25.2 Å². The smallest absolute Gasteiger partial charge is 0.262 e. The molecule has 0 atom stereocenters. The third kappa shape index (κ3) is 5.24. The van der Waals surface area contributed by atoms with E-state index in [1.165, 1.54) is 53.2 Å². The van der Waals surface area contributed by atoms with Gasteiger partial charge in [0.1, 0.15) is 12.4 Å². The molecule has 0 saturated carbocycles. The molecule has 1 aromatic carbocycles. The summed E-state index contributed by atoms with van der Waals surface area (Å²) in [7, 11) is 0. The summed E-state index contributed by atoms with van der Waals surface area (Å²) in [5.74, 6) is -1.46. The number of carbonyl (C=O) groups is 2. The van der Waals surface area contributed by atoms with Gasteiger partial charge in [0.25, 0.3) is 17.4 Å². The minimum atomic E-state index is -0.553. The summed E-state index contributed by atoms with van der Waals surface area (Å²) in [6.45, 7) is -0.207. The third-order valence-corrected chi connectivity index (χ3v) is 2.84. The third-order valence-electron chi connectivity index (χ3n) is 2.84. The molecule has 1 aromatic heterocycles. The Morgan fingerprint density at radius 3 is 2.52 bits per heavy atom. The van der Waals surface area contributed by atoms with Gasteiger partial charge in [-0.1, -0.05) is 18.2 Å². The fourth-order valence-corrected chi connectivity index (χ4v) is 1.70. The maximum absolute atomic E-state index is 12.7. The van der Waals surface area contributed by atoms with Gasteiger partial charge in [0, 0.05) is 18.3 Å². The first kappa shape index (κ1) is 16.2. The van der Waals surface area contributed by atoms with Crippen LogP contribution >= 0.6 is 0 Å². The van der Waals surface area contributed by atoms with Crippen molar-refractivity contribution >= 4 is 17.9 Å². The molecule has 0 aliphatic carbocycles. The van der Waals surface area contributed by atoms with E-state index in [9.17, 15) is 18.8 Å². The molecular weight excluding hydrogens is 301 g/mol. The Labute approximate surface area is 131 Å². The summed E-state index contributed by atoms with van der Waals surface area (Å²) in [6, 6.07) is 10.1. The maximum atomic E-state index is 12.7. The first-order valence-corrected chi connectivity index (χ1v) is 6.72. The van der Waals surface area contributed by atoms with Gasteiger partial charge in [-0.25, -0.2) is 4.39 Å². The van der Waals surface area contributed by atoms with Crippen LogP contribution in [0.2, 0.25) is 0 Å². The van der Waals surface area contributed by atoms with Crippen LogP contribution in [-0.4, -0.2) is 16.4 Å². The van der Waals surface area contributed by atoms with Crippen molar-refractivity contribution in [2.75, 3.05) is 0 Å². The minimum absolute atomic E-state index is 0.207. The summed E-state index contributed by atoms with van der Waals surface area (Å²) in [4.78, 5) is 34.6. The lowest BCUT2D eigenvalue weighted by Crippen LogP contribution is -2.43. The molecule has 1 heterocycles. The van der Waals surface area contributed by atoms with E-state index in [1.807, 2.05) is 0 Å². The molecule has 7 heteroatoms. The van der Waals surface area contributed by atoms with E-state index >= 15 is 0 Å². The van der Waals surface area contributed by atoms with Crippen molar-refractivity contribution < 1.29 is 14.0 Å². The van der Waals surface area contributed by atoms with Crippen LogP contribution in [0.4, 0.5) is 4.39 Å². The standard InChI is InChI=1S/C16H14FN3O3/c17-13-7-4-12(5-8-13)6-9-14(21)18-19-15(22)11-20-10-2-1-3-16(20)23/h1-10H,11H2,(H,18,21)(H,19,22)/b9-6+. The molecule has 2 N–H and O–H groups in total. The zero-order valence-electron chi connectivity index (χ0n) is 12.0. The van der Waals surface area contributed by atoms with Crippen LogP contribution in [0.1, 0.15) is 5.56 Å². The first-order chi connectivity index (χ1) is 11.0. The fourth-order valence-electron chi connectivity index (χ4n) is 1.70. The Balaban J connectivity index is 1.82. The lowest BCUT2D eigenvalue weighted by Gasteiger charge is -2.06. The van der Waals surface area contributed by atoms with E-state index in [1.54, 1.807) is 12.1 Å². The Hall–Kier alpha value is -3.22. The minimum Gasteiger partial charge on any atom is -0.306 e. The lowest BCUT2D eigenvalue weighted by molar-refractivity contribution is -0.127. The predicted octanol–water partition coefficient (Wildman–Crippen LogP) is 0.848. The summed E-state index contributed by atoms with van der Waals surface area (Å²) in [5, 5.41) is 0. The number of pyridine rings is 1. The van der Waals surface area contributed by atoms with Gasteiger partial charge in [0.2, 0.25) is 0 Å². The number of rotatable bonds is 4. The van der Waals surface area contributed by atoms with Crippen LogP contribution in [-0.2, 0) is 16.1 Å². The van der Waals surface area contributed by atoms with Crippen LogP contribution in [0.5, 0.6) is 0 Å². The monoisotopic (exact) mass is 315 g/mol. The second kappa shape index (κ2) is 7.69. The van der Waals surface area contributed by atoms with Crippen LogP contribution < -0.4 is 16.4 Å². The van der Waals surface area contributed by atoms with E-state index in [4.69, 9.17) is 0 Å². The molecule has 0 radical (unpaired) electrons. The van der Waals surface area contributed by atoms with Gasteiger partial charge in [0.05, 0.1) is 0 Å². The molecule has 0 bridgehead atoms. The van der Waals surface area contributed by atoms with Gasteiger partial charge < -0.3 is 4.57 Å². The Bertz CT molecular complexity index is 782. The SMILES string of the molecule is O=C(/C=C/c1ccc(F)cc1)NNC(=O)Cn1ccccc1=O. The fraction of sp³-hybridized carbons (Fsp3) is 0.0625. The van der Waals surface area contributed by atoms with Crippen molar-refractivity contribution in [3.05, 3.63) is 76.5 Å². The Kier molecular flexibility index (Phi) is 5.40. The van der Waals surface area contributed by atoms with Crippen molar-refractivity contribution in [3.8, 4) is 0 Å². The highest BCUT2D eigenvalue weighted by Gasteiger charge is 2.04. The number of nitrogens with zero attached hydrogens (tertiary/aromatic N) is 1. The topological polar surface area (TPSA) is 80.2 Å². The largest absolute Gasteiger partial charge is 0.306 e. The lowest BCUT2D eigenvalue weighted by atomic mass is 10.2. The predicted molar refractivity (Wildman–Crippen MR) is 82.4 cm³/mol. The highest BCUT2D eigenvalue weighted by atomic mass is 19.1. The van der Waals surface area contributed by atoms with Crippen molar-refractivity contribution in [3.63, 3.8) is 0 Å². The average Bonchev–Trinajstić information content (AvgIpc) is 2.54. The molecular formula is C16H14FN3O3. The summed E-state index contributed by atoms with van der Waals surface area (Å²) >= 11 is 0. The number of amides is 2. The molecule has 0 unspecified atom stereocenters. The molecule has 118 valence electrons. The summed E-state index contributed by atoms with van der Waals surface area (Å²) < 4.78 is 13.9. The van der Waals surface area contributed by atoms with Crippen molar-refractivity contribution in [1.29, 1.82) is 0 Å². The zero-order chi connectivity index (χ0) is 16.7. The molecule has 6 nitrogen and oxygen atoms in total. The highest BCUT2D eigenvalue weighted by Crippen LogP contribution is 2.04. The number of nitrogens with one attached hydrogen (secondary N) is 2. The molecule has 0 spiro atoms. The average molecular weight is 315 g/mol. The van der Waals surface area contributed by atoms with Crippen molar-refractivity contribution in [1.82, 2.24) is 15.4 Å². The number of halogens is 1. The van der Waals surface area contributed by atoms with Crippen LogP contribution in [0.3, 0.4) is 0 Å². The molecule has 2 rings (SSSR count). The van der Waals surface area contributed by atoms with E-state index in [-0.39, 0.29) is 17.9 Å². The zero-order valence-corrected chi connectivity index (χ0v) is 12.0. The van der Waals surface area contributed by atoms with Gasteiger partial charge in [-0.15, -0.1) is 0 Å². The maximum Gasteiger partial charge on any atom is 0.262 e. The molecule has 2 aromatic rings. The van der Waals surface area contributed by atoms with Crippen LogP contribution in [0.15, 0.2) is 59.5 Å². The summed E-state index contributed by atoms with van der Waals surface area (Å²) in [5.41, 5.74) is 4.71. The van der Waals surface area contributed by atoms with E-state index in [0.717, 1.165) is 0 Å². The molecule has 0 fully saturated rings. The first-order valence-electron chi connectivity index (χ1n) is 6.72. The number of aromatic nitrogens is 1. The van der Waals surface area contributed by atoms with Gasteiger partial charge in [-0.2, -0.15) is 0 Å². The van der Waals surface area contributed by atoms with Gasteiger partial charge in [-0.05, 0) is 29.8 Å². The molecule has 0 saturated heterocycles. The number of hydrazine groups is 1. The molecule has 0 aliphatic rings. The van der Waals surface area contributed by atoms with Crippen LogP contribution in [0, 0.1) is 5.82 Å². The number of benzene rings is 1. The highest BCUT2D eigenvalue weighted by molar-refractivity contribution is 5.93. The number of carbonyl (C=O) groups excluding carboxylic acids is 2. The second-order valence-electron chi connectivity index (χ2n) is 4.59. The van der Waals surface area contributed by atoms with Crippen molar-refractivity contribution in [2.24, 2.45) is 0 Å². The second-order valence-corrected chi connectivity index (χ2v) is 4.59. The van der Waals surface area contributed by atoms with Crippen LogP contribution in [0.25, 0.3) is 6.08 Å². The van der Waals surface area contributed by atoms with E-state index in [2.05, 4.69) is 10.9 Å². The van der Waals surface area contributed by atoms with Crippen molar-refractivity contribution in [2.45, 2.75) is 6.54 Å². The van der Waals surface area contributed by atoms with E-state index < -0.39 is 11.8 Å². The quantitative estimate of drug-likeness (QED) is 0.648. The Morgan fingerprint density at radius 2 is 1.83 bits per heavy atom. The van der Waals surface area contributed by atoms with Gasteiger partial charge in [0.15, 0.2) is 0 Å². The Morgan fingerprint density at radius 1 is 1.09 bits per heavy atom. The number of hydrogen-bond donors (Lipinski definition) is 2.